The molecule has 1 amide bonds. The van der Waals surface area contributed by atoms with Gasteiger partial charge in [-0.15, -0.1) is 0 Å². The van der Waals surface area contributed by atoms with Crippen LogP contribution in [0, 0.1) is 0 Å². The summed E-state index contributed by atoms with van der Waals surface area (Å²) < 4.78 is 2.36. The number of nitrogens with one attached hydrogen (secondary N) is 1. The summed E-state index contributed by atoms with van der Waals surface area (Å²) in [5, 5.41) is 5.38. The van der Waals surface area contributed by atoms with Crippen molar-refractivity contribution >= 4 is 27.7 Å². The Morgan fingerprint density at radius 1 is 1.03 bits per heavy atom. The maximum atomic E-state index is 12.6. The van der Waals surface area contributed by atoms with Crippen LogP contribution in [0.2, 0.25) is 0 Å². The highest BCUT2D eigenvalue weighted by atomic mass is 16.1. The fourth-order valence-electron chi connectivity index (χ4n) is 4.83. The normalized spacial score (nSPS) is 14.1. The largest absolute Gasteiger partial charge is 0.352 e. The van der Waals surface area contributed by atoms with E-state index in [1.165, 1.54) is 22.2 Å². The number of hydrogen-bond acceptors (Lipinski definition) is 3. The van der Waals surface area contributed by atoms with E-state index in [1.54, 1.807) is 12.3 Å². The van der Waals surface area contributed by atoms with E-state index in [-0.39, 0.29) is 5.91 Å². The average molecular weight is 413 g/mol. The topological polar surface area (TPSA) is 50.2 Å². The number of unbranched alkanes of at least 4 members (excludes halogenated alkanes) is 1. The molecule has 1 N–H and O–H groups in total. The first kappa shape index (κ1) is 19.8. The van der Waals surface area contributed by atoms with Gasteiger partial charge in [0.05, 0.1) is 11.1 Å². The zero-order valence-corrected chi connectivity index (χ0v) is 18.0. The van der Waals surface area contributed by atoms with Gasteiger partial charge in [0.25, 0.3) is 5.91 Å². The summed E-state index contributed by atoms with van der Waals surface area (Å²) in [7, 11) is 2.19. The van der Waals surface area contributed by atoms with E-state index < -0.39 is 0 Å². The van der Waals surface area contributed by atoms with Crippen LogP contribution in [-0.4, -0.2) is 40.0 Å². The highest BCUT2D eigenvalue weighted by molar-refractivity contribution is 6.05. The fourth-order valence-corrected chi connectivity index (χ4v) is 4.83. The zero-order chi connectivity index (χ0) is 21.2. The van der Waals surface area contributed by atoms with Crippen LogP contribution in [0.4, 0.5) is 0 Å². The molecule has 5 heteroatoms. The minimum absolute atomic E-state index is 0.0167. The molecule has 31 heavy (non-hydrogen) atoms. The number of aryl methyl sites for hydroxylation is 1. The number of pyridine rings is 1. The van der Waals surface area contributed by atoms with Crippen LogP contribution in [0.3, 0.4) is 0 Å². The third-order valence-electron chi connectivity index (χ3n) is 6.47. The van der Waals surface area contributed by atoms with Crippen molar-refractivity contribution in [2.24, 2.45) is 7.05 Å². The van der Waals surface area contributed by atoms with E-state index in [9.17, 15) is 4.79 Å². The minimum Gasteiger partial charge on any atom is -0.352 e. The molecule has 0 fully saturated rings. The molecular weight excluding hydrogens is 384 g/mol. The van der Waals surface area contributed by atoms with Gasteiger partial charge in [-0.1, -0.05) is 36.4 Å². The van der Waals surface area contributed by atoms with Crippen molar-refractivity contribution in [1.29, 1.82) is 0 Å². The number of rotatable bonds is 6. The fraction of sp³-hybridized carbons (Fsp3) is 0.308. The molecule has 0 radical (unpaired) electrons. The monoisotopic (exact) mass is 412 g/mol. The molecule has 4 aromatic rings. The van der Waals surface area contributed by atoms with E-state index in [2.05, 4.69) is 51.1 Å². The van der Waals surface area contributed by atoms with Crippen LogP contribution in [0.1, 0.15) is 34.5 Å². The molecule has 0 spiro atoms. The summed E-state index contributed by atoms with van der Waals surface area (Å²) in [4.78, 5) is 19.5. The molecule has 158 valence electrons. The van der Waals surface area contributed by atoms with Crippen LogP contribution in [-0.2, 0) is 20.0 Å². The summed E-state index contributed by atoms with van der Waals surface area (Å²) in [6.07, 6.45) is 4.87. The molecule has 0 saturated heterocycles. The van der Waals surface area contributed by atoms with Crippen LogP contribution in [0.25, 0.3) is 21.8 Å². The molecule has 5 rings (SSSR count). The quantitative estimate of drug-likeness (QED) is 0.481. The van der Waals surface area contributed by atoms with Gasteiger partial charge in [-0.25, -0.2) is 0 Å². The summed E-state index contributed by atoms with van der Waals surface area (Å²) in [6.45, 7) is 3.89. The van der Waals surface area contributed by atoms with Crippen molar-refractivity contribution in [1.82, 2.24) is 19.8 Å². The smallest absolute Gasteiger partial charge is 0.252 e. The Morgan fingerprint density at radius 3 is 2.74 bits per heavy atom. The van der Waals surface area contributed by atoms with E-state index in [0.29, 0.717) is 12.1 Å². The molecule has 0 aliphatic carbocycles. The average Bonchev–Trinajstić information content (AvgIpc) is 3.10. The number of hydrogen-bond donors (Lipinski definition) is 1. The van der Waals surface area contributed by atoms with Gasteiger partial charge in [0.1, 0.15) is 0 Å². The summed E-state index contributed by atoms with van der Waals surface area (Å²) >= 11 is 0. The van der Waals surface area contributed by atoms with Crippen molar-refractivity contribution in [3.05, 3.63) is 77.6 Å². The van der Waals surface area contributed by atoms with Crippen LogP contribution in [0.15, 0.2) is 60.8 Å². The number of aromatic nitrogens is 2. The first-order chi connectivity index (χ1) is 15.2. The van der Waals surface area contributed by atoms with E-state index in [4.69, 9.17) is 0 Å². The predicted molar refractivity (Wildman–Crippen MR) is 125 cm³/mol. The molecule has 1 aliphatic rings. The maximum Gasteiger partial charge on any atom is 0.252 e. The zero-order valence-electron chi connectivity index (χ0n) is 18.0. The van der Waals surface area contributed by atoms with Crippen LogP contribution < -0.4 is 5.32 Å². The number of benzene rings is 2. The minimum atomic E-state index is -0.0167. The lowest BCUT2D eigenvalue weighted by molar-refractivity contribution is 0.0954. The second kappa shape index (κ2) is 8.52. The van der Waals surface area contributed by atoms with Crippen LogP contribution >= 0.6 is 0 Å². The van der Waals surface area contributed by atoms with E-state index >= 15 is 0 Å². The molecule has 2 aromatic carbocycles. The summed E-state index contributed by atoms with van der Waals surface area (Å²) in [6, 6.07) is 18.3. The second-order valence-electron chi connectivity index (χ2n) is 8.37. The summed E-state index contributed by atoms with van der Waals surface area (Å²) in [5.41, 5.74) is 5.86. The predicted octanol–water partition coefficient (Wildman–Crippen LogP) is 4.29. The van der Waals surface area contributed by atoms with Crippen LogP contribution in [0.5, 0.6) is 0 Å². The Morgan fingerprint density at radius 2 is 1.84 bits per heavy atom. The maximum absolute atomic E-state index is 12.6. The van der Waals surface area contributed by atoms with Gasteiger partial charge < -0.3 is 9.88 Å². The van der Waals surface area contributed by atoms with Gasteiger partial charge in [0.2, 0.25) is 0 Å². The summed E-state index contributed by atoms with van der Waals surface area (Å²) in [5.74, 6) is -0.0167. The molecule has 0 bridgehead atoms. The number of amides is 1. The molecule has 5 nitrogen and oxygen atoms in total. The third kappa shape index (κ3) is 3.81. The van der Waals surface area contributed by atoms with Gasteiger partial charge in [0.15, 0.2) is 0 Å². The molecular formula is C26H28N4O. The first-order valence-corrected chi connectivity index (χ1v) is 11.1. The van der Waals surface area contributed by atoms with E-state index in [1.807, 2.05) is 24.3 Å². The standard InChI is InChI=1S/C26H28N4O/c1-29-24-11-5-3-9-20(24)22-18-30(17-13-25(22)29)16-7-6-14-28-26(31)21-12-15-27-23-10-4-2-8-19(21)23/h2-5,8-12,15H,6-7,13-14,16-18H2,1H3,(H,28,31). The van der Waals surface area contributed by atoms with Crippen molar-refractivity contribution in [3.8, 4) is 0 Å². The molecule has 0 unspecified atom stereocenters. The lowest BCUT2D eigenvalue weighted by Gasteiger charge is -2.27. The number of para-hydroxylation sites is 2. The number of carbonyl (C=O) groups is 1. The lowest BCUT2D eigenvalue weighted by Crippen LogP contribution is -2.32. The third-order valence-corrected chi connectivity index (χ3v) is 6.47. The van der Waals surface area contributed by atoms with Crippen molar-refractivity contribution < 1.29 is 4.79 Å². The highest BCUT2D eigenvalue weighted by Crippen LogP contribution is 2.30. The van der Waals surface area contributed by atoms with Crippen molar-refractivity contribution in [3.63, 3.8) is 0 Å². The number of carbonyl (C=O) groups excluding carboxylic acids is 1. The Hall–Kier alpha value is -3.18. The van der Waals surface area contributed by atoms with Crippen molar-refractivity contribution in [2.45, 2.75) is 25.8 Å². The Labute approximate surface area is 182 Å². The van der Waals surface area contributed by atoms with Crippen molar-refractivity contribution in [2.75, 3.05) is 19.6 Å². The van der Waals surface area contributed by atoms with Gasteiger partial charge in [-0.3, -0.25) is 14.7 Å². The SMILES string of the molecule is Cn1c2c(c3ccccc31)CN(CCCCNC(=O)c1ccnc3ccccc13)CC2. The molecule has 0 atom stereocenters. The lowest BCUT2D eigenvalue weighted by atomic mass is 10.0. The Balaban J connectivity index is 1.13. The Bertz CT molecular complexity index is 1240. The molecule has 2 aromatic heterocycles. The Kier molecular flexibility index (Phi) is 5.43. The first-order valence-electron chi connectivity index (χ1n) is 11.1. The highest BCUT2D eigenvalue weighted by Gasteiger charge is 2.22. The molecule has 0 saturated carbocycles. The van der Waals surface area contributed by atoms with Gasteiger partial charge in [-0.2, -0.15) is 0 Å². The van der Waals surface area contributed by atoms with Gasteiger partial charge >= 0.3 is 0 Å². The van der Waals surface area contributed by atoms with Gasteiger partial charge in [0, 0.05) is 61.3 Å². The molecule has 1 aliphatic heterocycles. The number of fused-ring (bicyclic) bond motifs is 4. The molecule has 3 heterocycles. The number of nitrogens with zero attached hydrogens (tertiary/aromatic N) is 3. The van der Waals surface area contributed by atoms with Gasteiger partial charge in [-0.05, 0) is 43.1 Å². The second-order valence-corrected chi connectivity index (χ2v) is 8.37. The van der Waals surface area contributed by atoms with E-state index in [0.717, 1.165) is 49.8 Å².